The molecular formula is C77H136N18O18. The van der Waals surface area contributed by atoms with Crippen LogP contribution in [0.15, 0.2) is 45.3 Å². The van der Waals surface area contributed by atoms with Crippen molar-refractivity contribution in [3.05, 3.63) is 69.1 Å². The van der Waals surface area contributed by atoms with Crippen LogP contribution in [0.2, 0.25) is 0 Å². The molecule has 0 aromatic carbocycles. The predicted molar refractivity (Wildman–Crippen MR) is 430 cm³/mol. The number of aromatic nitrogens is 6. The van der Waals surface area contributed by atoms with Crippen molar-refractivity contribution in [2.75, 3.05) is 161 Å². The van der Waals surface area contributed by atoms with Crippen molar-refractivity contribution in [2.24, 2.45) is 32.5 Å². The van der Waals surface area contributed by atoms with Gasteiger partial charge < -0.3 is 119 Å². The first kappa shape index (κ1) is 102. The van der Waals surface area contributed by atoms with Gasteiger partial charge in [0.15, 0.2) is 34.2 Å². The molecule has 642 valence electrons. The molecule has 4 atom stereocenters. The molecule has 0 spiro atoms. The van der Waals surface area contributed by atoms with Crippen LogP contribution < -0.4 is 92.2 Å². The summed E-state index contributed by atoms with van der Waals surface area (Å²) < 4.78 is 58.6. The van der Waals surface area contributed by atoms with Gasteiger partial charge in [-0.1, -0.05) is 142 Å². The third-order valence-electron chi connectivity index (χ3n) is 18.7. The first-order valence-corrected chi connectivity index (χ1v) is 38.3. The summed E-state index contributed by atoms with van der Waals surface area (Å²) in [4.78, 5) is 71.7. The molecule has 6 heterocycles. The minimum absolute atomic E-state index is 0.0144. The summed E-state index contributed by atoms with van der Waals surface area (Å²) >= 11 is 0. The largest absolute Gasteiger partial charge is 0.467 e. The number of nitrogens with one attached hydrogen (secondary N) is 12. The first-order chi connectivity index (χ1) is 53.4. The maximum absolute atomic E-state index is 12.1. The van der Waals surface area contributed by atoms with Gasteiger partial charge in [0.05, 0.1) is 77.5 Å². The van der Waals surface area contributed by atoms with Crippen LogP contribution in [0.4, 0.5) is 0 Å². The van der Waals surface area contributed by atoms with E-state index >= 15 is 0 Å². The standard InChI is InChI=1S/C14H25N3O3.3C13H23N3O3.2C12H21N3O3/c1-6-14(4,8-15-7-2)9-16-12(18)11-10(3)13(19-5)20-17-11;1-6-13(3,7-14-4)8-15-11(17)10-9(2)12(18-5)19-16-10;1-6-14-7-13(3,4)8-15-11(17)10-9(2)12(18-5)19-16-10;1-5-13(3,8-14-6-2)9-15-12(17)10-7-11(18-4)19-16-10;1-5-12(2,7-13-3)8-14-11(16)9-6-10(17-4)18-15-9;1-5-13-7-12(2,3)8-14-11(16)9-6-10(17-4)18-15-9/h15H,6-9H2,1-5H3,(H,16,18);2*14H,6-8H2,1-5H3,(H,15,17);7,14H,5-6,8-9H2,1-4H3,(H,15,17);2*6,13H,5,7-8H2,1-4H3,(H,14,16). The molecule has 0 aliphatic carbocycles. The molecule has 0 saturated carbocycles. The Hall–Kier alpha value is -9.36. The van der Waals surface area contributed by atoms with E-state index in [-0.39, 0.29) is 138 Å². The molecule has 12 N–H and O–H groups in total. The fourth-order valence-electron chi connectivity index (χ4n) is 9.90. The molecule has 6 aromatic heterocycles. The smallest absolute Gasteiger partial charge is 0.314 e. The normalized spacial score (nSPS) is 13.1. The van der Waals surface area contributed by atoms with Gasteiger partial charge in [0, 0.05) is 78.5 Å². The second-order valence-electron chi connectivity index (χ2n) is 29.9. The van der Waals surface area contributed by atoms with Crippen LogP contribution in [-0.2, 0) is 0 Å². The van der Waals surface area contributed by atoms with E-state index in [1.54, 1.807) is 20.8 Å². The van der Waals surface area contributed by atoms with Crippen LogP contribution in [0.5, 0.6) is 35.7 Å². The number of hydrogen-bond donors (Lipinski definition) is 12. The number of nitrogens with zero attached hydrogens (tertiary/aromatic N) is 6. The summed E-state index contributed by atoms with van der Waals surface area (Å²) in [5, 5.41) is 58.8. The van der Waals surface area contributed by atoms with Gasteiger partial charge in [-0.25, -0.2) is 0 Å². The van der Waals surface area contributed by atoms with Gasteiger partial charge in [-0.2, -0.15) is 0 Å². The van der Waals surface area contributed by atoms with Crippen LogP contribution in [0.25, 0.3) is 0 Å². The van der Waals surface area contributed by atoms with E-state index < -0.39 is 0 Å². The topological polar surface area (TPSA) is 458 Å². The predicted octanol–water partition coefficient (Wildman–Crippen LogP) is 8.00. The van der Waals surface area contributed by atoms with Crippen molar-refractivity contribution < 1.29 is 84.3 Å². The third kappa shape index (κ3) is 36.6. The molecule has 36 nitrogen and oxygen atoms in total. The Labute approximate surface area is 667 Å². The van der Waals surface area contributed by atoms with Gasteiger partial charge in [0.2, 0.25) is 0 Å². The van der Waals surface area contributed by atoms with Gasteiger partial charge in [0.25, 0.3) is 35.4 Å². The molecule has 0 aliphatic rings. The highest BCUT2D eigenvalue weighted by atomic mass is 16.6. The molecule has 4 unspecified atom stereocenters. The summed E-state index contributed by atoms with van der Waals surface area (Å²) in [6, 6.07) is 4.41. The molecular weight excluding hydrogens is 1460 g/mol. The Morgan fingerprint density at radius 3 is 0.752 bits per heavy atom. The highest BCUT2D eigenvalue weighted by molar-refractivity contribution is 5.96. The van der Waals surface area contributed by atoms with Crippen LogP contribution in [0.1, 0.15) is 216 Å². The zero-order chi connectivity index (χ0) is 85.6. The lowest BCUT2D eigenvalue weighted by Gasteiger charge is -2.28. The zero-order valence-corrected chi connectivity index (χ0v) is 72.4. The molecule has 6 rings (SSSR count). The molecule has 113 heavy (non-hydrogen) atoms. The summed E-state index contributed by atoms with van der Waals surface area (Å²) in [6.07, 6.45) is 3.88. The lowest BCUT2D eigenvalue weighted by molar-refractivity contribution is 0.0914. The average molecular weight is 1600 g/mol. The fraction of sp³-hybridized carbons (Fsp3) is 0.688. The van der Waals surface area contributed by atoms with Crippen molar-refractivity contribution in [2.45, 2.75) is 157 Å². The van der Waals surface area contributed by atoms with Crippen LogP contribution in [-0.4, -0.2) is 228 Å². The van der Waals surface area contributed by atoms with Gasteiger partial charge in [-0.15, -0.1) is 0 Å². The maximum atomic E-state index is 12.1. The number of hydrogen-bond acceptors (Lipinski definition) is 30. The Morgan fingerprint density at radius 2 is 0.540 bits per heavy atom. The molecule has 6 amide bonds. The van der Waals surface area contributed by atoms with Gasteiger partial charge >= 0.3 is 35.7 Å². The van der Waals surface area contributed by atoms with Crippen molar-refractivity contribution in [1.29, 1.82) is 0 Å². The minimum Gasteiger partial charge on any atom is -0.467 e. The number of carbonyl (C=O) groups excluding carboxylic acids is 6. The summed E-state index contributed by atoms with van der Waals surface area (Å²) in [5.74, 6) is 0.0568. The van der Waals surface area contributed by atoms with Crippen molar-refractivity contribution in [3.8, 4) is 35.7 Å². The number of methoxy groups -OCH3 is 6. The Bertz CT molecular complexity index is 3700. The summed E-state index contributed by atoms with van der Waals surface area (Å²) in [5.41, 5.74) is 3.44. The average Bonchev–Trinajstić information content (AvgIpc) is 1.72. The second-order valence-corrected chi connectivity index (χ2v) is 29.9. The second kappa shape index (κ2) is 52.1. The quantitative estimate of drug-likeness (QED) is 0.0172. The van der Waals surface area contributed by atoms with Crippen LogP contribution in [0, 0.1) is 53.3 Å². The van der Waals surface area contributed by atoms with Crippen molar-refractivity contribution in [1.82, 2.24) is 94.7 Å². The monoisotopic (exact) mass is 1600 g/mol. The number of amides is 6. The summed E-state index contributed by atoms with van der Waals surface area (Å²) in [6.45, 7) is 51.0. The van der Waals surface area contributed by atoms with E-state index in [4.69, 9.17) is 55.6 Å². The first-order valence-electron chi connectivity index (χ1n) is 38.3. The molecule has 0 radical (unpaired) electrons. The fourth-order valence-corrected chi connectivity index (χ4v) is 9.90. The number of ether oxygens (including phenoxy) is 6. The van der Waals surface area contributed by atoms with E-state index in [0.29, 0.717) is 56.0 Å². The van der Waals surface area contributed by atoms with Gasteiger partial charge in [-0.05, 0) is 119 Å². The van der Waals surface area contributed by atoms with E-state index in [9.17, 15) is 28.8 Å². The highest BCUT2D eigenvalue weighted by Crippen LogP contribution is 2.27. The van der Waals surface area contributed by atoms with Gasteiger partial charge in [0.1, 0.15) is 0 Å². The van der Waals surface area contributed by atoms with E-state index in [1.807, 2.05) is 14.1 Å². The summed E-state index contributed by atoms with van der Waals surface area (Å²) in [7, 11) is 12.6. The molecule has 36 heteroatoms. The number of rotatable bonds is 44. The Balaban J connectivity index is 0.000000678. The lowest BCUT2D eigenvalue weighted by atomic mass is 9.87. The number of carbonyl (C=O) groups is 6. The van der Waals surface area contributed by atoms with E-state index in [2.05, 4.69) is 206 Å². The molecule has 0 fully saturated rings. The highest BCUT2D eigenvalue weighted by Gasteiger charge is 2.30. The van der Waals surface area contributed by atoms with E-state index in [1.165, 1.54) is 60.9 Å². The molecule has 0 saturated heterocycles. The molecule has 6 aromatic rings. The van der Waals surface area contributed by atoms with Crippen molar-refractivity contribution in [3.63, 3.8) is 0 Å². The SMILES string of the molecule is CCC(C)(CNC)CNC(=O)c1cc(OC)on1.CCC(C)(CNC)CNC(=O)c1noc(OC)c1C.CCNCC(C)(C)CNC(=O)c1cc(OC)on1.CCNCC(C)(C)CNC(=O)c1noc(OC)c1C.CCNCC(C)(CC)CNC(=O)c1cc(OC)on1.CCNCC(C)(CC)CNC(=O)c1noc(OC)c1C. The van der Waals surface area contributed by atoms with E-state index in [0.717, 1.165) is 91.1 Å². The third-order valence-corrected chi connectivity index (χ3v) is 18.7. The molecule has 0 bridgehead atoms. The molecule has 0 aliphatic heterocycles. The van der Waals surface area contributed by atoms with Crippen LogP contribution in [0.3, 0.4) is 0 Å². The minimum atomic E-state index is -0.258. The Kier molecular flexibility index (Phi) is 46.9. The van der Waals surface area contributed by atoms with Crippen LogP contribution >= 0.6 is 0 Å². The maximum Gasteiger partial charge on any atom is 0.314 e. The van der Waals surface area contributed by atoms with Gasteiger partial charge in [-0.3, -0.25) is 28.8 Å². The zero-order valence-electron chi connectivity index (χ0n) is 72.4. The Morgan fingerprint density at radius 1 is 0.310 bits per heavy atom. The lowest BCUT2D eigenvalue weighted by Crippen LogP contribution is -2.42. The van der Waals surface area contributed by atoms with Crippen molar-refractivity contribution >= 4 is 35.4 Å².